The molecule has 1 N–H and O–H groups in total. The van der Waals surface area contributed by atoms with Gasteiger partial charge in [-0.25, -0.2) is 0 Å². The van der Waals surface area contributed by atoms with Crippen LogP contribution in [0.25, 0.3) is 0 Å². The van der Waals surface area contributed by atoms with Crippen molar-refractivity contribution in [3.8, 4) is 0 Å². The topological polar surface area (TPSA) is 53.4 Å². The van der Waals surface area contributed by atoms with Crippen LogP contribution in [0.4, 0.5) is 0 Å². The maximum Gasteiger partial charge on any atom is 0.324 e. The van der Waals surface area contributed by atoms with Crippen LogP contribution in [0.3, 0.4) is 0 Å². The molecule has 4 heteroatoms. The normalized spacial score (nSPS) is 23.7. The highest BCUT2D eigenvalue weighted by molar-refractivity contribution is 5.79. The zero-order chi connectivity index (χ0) is 13.9. The Labute approximate surface area is 114 Å². The Bertz CT molecular complexity index is 461. The van der Waals surface area contributed by atoms with Crippen molar-refractivity contribution >= 4 is 5.97 Å². The van der Waals surface area contributed by atoms with Gasteiger partial charge in [0.25, 0.3) is 0 Å². The molecule has 0 aromatic carbocycles. The number of aromatic nitrogens is 1. The first-order valence-corrected chi connectivity index (χ1v) is 6.97. The molecule has 2 heterocycles. The zero-order valence-electron chi connectivity index (χ0n) is 11.7. The number of hydrogen-bond donors (Lipinski definition) is 1. The van der Waals surface area contributed by atoms with Gasteiger partial charge < -0.3 is 5.11 Å². The van der Waals surface area contributed by atoms with Crippen molar-refractivity contribution < 1.29 is 9.90 Å². The van der Waals surface area contributed by atoms with Crippen molar-refractivity contribution in [2.24, 2.45) is 0 Å². The van der Waals surface area contributed by atoms with Gasteiger partial charge in [0.2, 0.25) is 0 Å². The van der Waals surface area contributed by atoms with E-state index >= 15 is 0 Å². The van der Waals surface area contributed by atoms with Crippen LogP contribution in [0.2, 0.25) is 0 Å². The molecule has 1 aromatic rings. The van der Waals surface area contributed by atoms with E-state index < -0.39 is 11.5 Å². The SMILES string of the molecule is CCCC1(C(=O)O)CCCN1Cc1cncc(C)c1. The Morgan fingerprint density at radius 2 is 2.32 bits per heavy atom. The molecule has 1 aromatic heterocycles. The highest BCUT2D eigenvalue weighted by Gasteiger charge is 2.46. The quantitative estimate of drug-likeness (QED) is 0.886. The van der Waals surface area contributed by atoms with E-state index in [1.807, 2.05) is 19.3 Å². The summed E-state index contributed by atoms with van der Waals surface area (Å²) in [4.78, 5) is 18.0. The van der Waals surface area contributed by atoms with Crippen molar-refractivity contribution in [3.63, 3.8) is 0 Å². The molecule has 4 nitrogen and oxygen atoms in total. The summed E-state index contributed by atoms with van der Waals surface area (Å²) in [6.45, 7) is 5.60. The molecular formula is C15H22N2O2. The third kappa shape index (κ3) is 2.78. The van der Waals surface area contributed by atoms with Crippen molar-refractivity contribution in [1.82, 2.24) is 9.88 Å². The lowest BCUT2D eigenvalue weighted by molar-refractivity contribution is -0.150. The molecule has 1 saturated heterocycles. The summed E-state index contributed by atoms with van der Waals surface area (Å²) in [5.41, 5.74) is 1.55. The standard InChI is InChI=1S/C15H22N2O2/c1-3-5-15(14(18)19)6-4-7-17(15)11-13-8-12(2)9-16-10-13/h8-10H,3-7,11H2,1-2H3,(H,18,19). The molecule has 0 aliphatic carbocycles. The molecule has 1 atom stereocenters. The second kappa shape index (κ2) is 5.70. The highest BCUT2D eigenvalue weighted by Crippen LogP contribution is 2.35. The van der Waals surface area contributed by atoms with Crippen molar-refractivity contribution in [1.29, 1.82) is 0 Å². The maximum atomic E-state index is 11.7. The van der Waals surface area contributed by atoms with Crippen LogP contribution in [-0.4, -0.2) is 33.0 Å². The summed E-state index contributed by atoms with van der Waals surface area (Å²) in [5, 5.41) is 9.64. The molecule has 1 aliphatic rings. The average Bonchev–Trinajstić information content (AvgIpc) is 2.74. The summed E-state index contributed by atoms with van der Waals surface area (Å²) < 4.78 is 0. The molecule has 0 saturated carbocycles. The van der Waals surface area contributed by atoms with E-state index in [0.717, 1.165) is 43.4 Å². The van der Waals surface area contributed by atoms with Crippen molar-refractivity contribution in [2.45, 2.75) is 51.6 Å². The lowest BCUT2D eigenvalue weighted by atomic mass is 9.90. The molecule has 1 aliphatic heterocycles. The molecule has 1 unspecified atom stereocenters. The van der Waals surface area contributed by atoms with Gasteiger partial charge >= 0.3 is 5.97 Å². The van der Waals surface area contributed by atoms with Crippen LogP contribution in [-0.2, 0) is 11.3 Å². The van der Waals surface area contributed by atoms with Gasteiger partial charge in [-0.3, -0.25) is 14.7 Å². The Balaban J connectivity index is 2.20. The zero-order valence-corrected chi connectivity index (χ0v) is 11.7. The second-order valence-corrected chi connectivity index (χ2v) is 5.48. The van der Waals surface area contributed by atoms with Crippen LogP contribution < -0.4 is 0 Å². The molecule has 0 radical (unpaired) electrons. The first-order chi connectivity index (χ1) is 9.08. The number of hydrogen-bond acceptors (Lipinski definition) is 3. The second-order valence-electron chi connectivity index (χ2n) is 5.48. The fourth-order valence-electron chi connectivity index (χ4n) is 3.14. The van der Waals surface area contributed by atoms with Crippen LogP contribution in [0.15, 0.2) is 18.5 Å². The first kappa shape index (κ1) is 14.0. The number of aliphatic carboxylic acids is 1. The number of carboxylic acids is 1. The van der Waals surface area contributed by atoms with E-state index in [-0.39, 0.29) is 0 Å². The largest absolute Gasteiger partial charge is 0.480 e. The van der Waals surface area contributed by atoms with Gasteiger partial charge in [-0.15, -0.1) is 0 Å². The van der Waals surface area contributed by atoms with E-state index in [1.165, 1.54) is 0 Å². The summed E-state index contributed by atoms with van der Waals surface area (Å²) in [7, 11) is 0. The number of rotatable bonds is 5. The summed E-state index contributed by atoms with van der Waals surface area (Å²) >= 11 is 0. The Kier molecular flexibility index (Phi) is 4.20. The lowest BCUT2D eigenvalue weighted by Gasteiger charge is -2.34. The predicted octanol–water partition coefficient (Wildman–Crippen LogP) is 2.61. The average molecular weight is 262 g/mol. The smallest absolute Gasteiger partial charge is 0.324 e. The fraction of sp³-hybridized carbons (Fsp3) is 0.600. The lowest BCUT2D eigenvalue weighted by Crippen LogP contribution is -2.50. The van der Waals surface area contributed by atoms with E-state index in [4.69, 9.17) is 0 Å². The maximum absolute atomic E-state index is 11.7. The van der Waals surface area contributed by atoms with Crippen LogP contribution in [0.5, 0.6) is 0 Å². The molecule has 0 bridgehead atoms. The Hall–Kier alpha value is -1.42. The van der Waals surface area contributed by atoms with Gasteiger partial charge in [0.1, 0.15) is 5.54 Å². The van der Waals surface area contributed by atoms with Gasteiger partial charge in [-0.2, -0.15) is 0 Å². The number of carbonyl (C=O) groups is 1. The molecule has 0 amide bonds. The molecule has 19 heavy (non-hydrogen) atoms. The van der Waals surface area contributed by atoms with Gasteiger partial charge in [0.15, 0.2) is 0 Å². The Morgan fingerprint density at radius 1 is 1.53 bits per heavy atom. The minimum atomic E-state index is -0.674. The minimum absolute atomic E-state index is 0.668. The third-order valence-electron chi connectivity index (χ3n) is 3.99. The molecule has 104 valence electrons. The van der Waals surface area contributed by atoms with Gasteiger partial charge in [-0.1, -0.05) is 19.4 Å². The summed E-state index contributed by atoms with van der Waals surface area (Å²) in [5.74, 6) is -0.674. The monoisotopic (exact) mass is 262 g/mol. The summed E-state index contributed by atoms with van der Waals surface area (Å²) in [6.07, 6.45) is 7.01. The van der Waals surface area contributed by atoms with E-state index in [9.17, 15) is 9.90 Å². The van der Waals surface area contributed by atoms with E-state index in [2.05, 4.69) is 22.9 Å². The number of carboxylic acid groups (broad SMARTS) is 1. The van der Waals surface area contributed by atoms with Gasteiger partial charge in [-0.05, 0) is 43.9 Å². The molecule has 2 rings (SSSR count). The molecular weight excluding hydrogens is 240 g/mol. The fourth-order valence-corrected chi connectivity index (χ4v) is 3.14. The van der Waals surface area contributed by atoms with Crippen LogP contribution >= 0.6 is 0 Å². The van der Waals surface area contributed by atoms with Gasteiger partial charge in [0, 0.05) is 18.9 Å². The number of aryl methyl sites for hydroxylation is 1. The van der Waals surface area contributed by atoms with E-state index in [1.54, 1.807) is 0 Å². The number of likely N-dealkylation sites (tertiary alicyclic amines) is 1. The van der Waals surface area contributed by atoms with Crippen molar-refractivity contribution in [3.05, 3.63) is 29.6 Å². The highest BCUT2D eigenvalue weighted by atomic mass is 16.4. The molecule has 0 spiro atoms. The van der Waals surface area contributed by atoms with Crippen LogP contribution in [0, 0.1) is 6.92 Å². The van der Waals surface area contributed by atoms with Crippen LogP contribution in [0.1, 0.15) is 43.7 Å². The predicted molar refractivity (Wildman–Crippen MR) is 73.9 cm³/mol. The minimum Gasteiger partial charge on any atom is -0.480 e. The van der Waals surface area contributed by atoms with Gasteiger partial charge in [0.05, 0.1) is 0 Å². The summed E-state index contributed by atoms with van der Waals surface area (Å²) in [6, 6.07) is 2.09. The number of pyridine rings is 1. The first-order valence-electron chi connectivity index (χ1n) is 6.97. The number of nitrogens with zero attached hydrogens (tertiary/aromatic N) is 2. The van der Waals surface area contributed by atoms with Crippen molar-refractivity contribution in [2.75, 3.05) is 6.54 Å². The molecule has 1 fully saturated rings. The third-order valence-corrected chi connectivity index (χ3v) is 3.99. The Morgan fingerprint density at radius 3 is 2.95 bits per heavy atom. The van der Waals surface area contributed by atoms with E-state index in [0.29, 0.717) is 6.54 Å².